The molecule has 14 nitrogen and oxygen atoms in total. The van der Waals surface area contributed by atoms with Crippen LogP contribution in [0.1, 0.15) is 13.8 Å². The van der Waals surface area contributed by atoms with Crippen molar-refractivity contribution in [3.05, 3.63) is 0 Å². The average molecular weight is 483 g/mol. The van der Waals surface area contributed by atoms with Gasteiger partial charge in [-0.25, -0.2) is 0 Å². The van der Waals surface area contributed by atoms with Crippen LogP contribution in [0.3, 0.4) is 0 Å². The molecule has 0 saturated heterocycles. The number of ether oxygens (including phenoxy) is 3. The van der Waals surface area contributed by atoms with E-state index in [1.165, 1.54) is 0 Å². The van der Waals surface area contributed by atoms with Crippen molar-refractivity contribution in [1.29, 1.82) is 0 Å². The third-order valence-electron chi connectivity index (χ3n) is 0. The van der Waals surface area contributed by atoms with Gasteiger partial charge in [-0.15, -0.1) is 0 Å². The summed E-state index contributed by atoms with van der Waals surface area (Å²) in [7, 11) is 16.8. The quantitative estimate of drug-likeness (QED) is 0.185. The number of aliphatic carboxylic acids is 2. The summed E-state index contributed by atoms with van der Waals surface area (Å²) >= 11 is 0. The monoisotopic (exact) mass is 482 g/mol. The molecule has 0 aliphatic carbocycles. The van der Waals surface area contributed by atoms with Crippen molar-refractivity contribution in [3.8, 4) is 0 Å². The van der Waals surface area contributed by atoms with Crippen LogP contribution in [0.25, 0.3) is 0 Å². The standard InChI is InChI=1S/2C2H4O2.3C2H6O.7CH4O/c2*1-2(3)4;3*1-3-2;7*1-2/h2*1H3,(H,3,4);3*1-2H3;7*2H,1H3. The molecule has 0 saturated carbocycles. The molecule has 206 valence electrons. The number of rotatable bonds is 0. The molecule has 14 heteroatoms. The Morgan fingerprint density at radius 2 is 0.387 bits per heavy atom. The van der Waals surface area contributed by atoms with Crippen LogP contribution in [0.15, 0.2) is 0 Å². The lowest BCUT2D eigenvalue weighted by Crippen LogP contribution is -1.78. The molecule has 0 spiro atoms. The largest absolute Gasteiger partial charge is 0.481 e. The van der Waals surface area contributed by atoms with Gasteiger partial charge in [0.25, 0.3) is 11.9 Å². The van der Waals surface area contributed by atoms with Gasteiger partial charge in [-0.3, -0.25) is 9.59 Å². The summed E-state index contributed by atoms with van der Waals surface area (Å²) < 4.78 is 12.8. The molecule has 0 rings (SSSR count). The molecule has 0 fully saturated rings. The Morgan fingerprint density at radius 3 is 0.387 bits per heavy atom. The summed E-state index contributed by atoms with van der Waals surface area (Å²) in [5.41, 5.74) is 0. The number of carboxylic acid groups (broad SMARTS) is 2. The van der Waals surface area contributed by atoms with E-state index in [4.69, 9.17) is 55.5 Å². The smallest absolute Gasteiger partial charge is 0.300 e. The molecule has 0 unspecified atom stereocenters. The number of carbonyl (C=O) groups is 2. The molecule has 0 aliphatic rings. The third-order valence-corrected chi connectivity index (χ3v) is 0. The number of aliphatic hydroxyl groups is 7. The second-order valence-corrected chi connectivity index (χ2v) is 2.26. The zero-order valence-corrected chi connectivity index (χ0v) is 22.1. The summed E-state index contributed by atoms with van der Waals surface area (Å²) in [5, 5.41) is 63.8. The van der Waals surface area contributed by atoms with Crippen molar-refractivity contribution in [2.75, 3.05) is 92.4 Å². The Bertz CT molecular complexity index is 115. The second-order valence-electron chi connectivity index (χ2n) is 2.26. The number of carboxylic acids is 2. The lowest BCUT2D eigenvalue weighted by atomic mass is 10.9. The van der Waals surface area contributed by atoms with Crippen molar-refractivity contribution in [2.24, 2.45) is 0 Å². The van der Waals surface area contributed by atoms with Gasteiger partial charge >= 0.3 is 0 Å². The molecule has 0 radical (unpaired) electrons. The van der Waals surface area contributed by atoms with E-state index >= 15 is 0 Å². The van der Waals surface area contributed by atoms with Gasteiger partial charge in [0.05, 0.1) is 0 Å². The van der Waals surface area contributed by atoms with Crippen LogP contribution in [-0.4, -0.2) is 150 Å². The van der Waals surface area contributed by atoms with Gasteiger partial charge in [-0.2, -0.15) is 0 Å². The summed E-state index contributed by atoms with van der Waals surface area (Å²) in [4.78, 5) is 18.0. The van der Waals surface area contributed by atoms with Crippen molar-refractivity contribution in [1.82, 2.24) is 0 Å². The molecule has 0 amide bonds. The predicted octanol–water partition coefficient (Wildman–Crippen LogP) is -1.77. The Morgan fingerprint density at radius 1 is 0.387 bits per heavy atom. The summed E-state index contributed by atoms with van der Waals surface area (Å²) in [6.45, 7) is 2.17. The molecule has 0 bridgehead atoms. The number of hydrogen-bond acceptors (Lipinski definition) is 12. The minimum atomic E-state index is -0.833. The maximum atomic E-state index is 9.00. The minimum absolute atomic E-state index is 0.833. The van der Waals surface area contributed by atoms with E-state index in [-0.39, 0.29) is 0 Å². The fraction of sp³-hybridized carbons (Fsp3) is 0.882. The normalized spacial score (nSPS) is 4.71. The van der Waals surface area contributed by atoms with E-state index in [0.29, 0.717) is 0 Å². The molecular formula is C17H54O14. The van der Waals surface area contributed by atoms with Crippen LogP contribution in [-0.2, 0) is 23.8 Å². The SMILES string of the molecule is CC(=O)O.CC(=O)O.CO.CO.CO.CO.CO.CO.CO.COC.COC.COC. The zero-order chi connectivity index (χ0) is 29.3. The fourth-order valence-corrected chi connectivity index (χ4v) is 0. The van der Waals surface area contributed by atoms with E-state index in [0.717, 1.165) is 63.6 Å². The van der Waals surface area contributed by atoms with Gasteiger partial charge in [-0.1, -0.05) is 0 Å². The van der Waals surface area contributed by atoms with Gasteiger partial charge in [0.1, 0.15) is 0 Å². The summed E-state index contributed by atoms with van der Waals surface area (Å²) in [6.07, 6.45) is 0. The van der Waals surface area contributed by atoms with Crippen LogP contribution in [0, 0.1) is 0 Å². The van der Waals surface area contributed by atoms with E-state index in [9.17, 15) is 0 Å². The van der Waals surface area contributed by atoms with E-state index in [1.54, 1.807) is 42.7 Å². The number of hydrogen-bond donors (Lipinski definition) is 9. The number of methoxy groups -OCH3 is 3. The highest BCUT2D eigenvalue weighted by atomic mass is 16.5. The first-order chi connectivity index (χ1) is 14.7. The van der Waals surface area contributed by atoms with Crippen LogP contribution in [0.2, 0.25) is 0 Å². The maximum absolute atomic E-state index is 9.00. The van der Waals surface area contributed by atoms with Gasteiger partial charge in [-0.05, 0) is 0 Å². The highest BCUT2D eigenvalue weighted by Crippen LogP contribution is 1.42. The molecule has 0 atom stereocenters. The Labute approximate surface area is 188 Å². The molecule has 9 N–H and O–H groups in total. The van der Waals surface area contributed by atoms with Crippen molar-refractivity contribution >= 4 is 11.9 Å². The number of aliphatic hydroxyl groups excluding tert-OH is 7. The first-order valence-corrected chi connectivity index (χ1v) is 7.44. The molecule has 0 aromatic heterocycles. The third kappa shape index (κ3) is 9430. The Hall–Kier alpha value is -1.46. The fourth-order valence-electron chi connectivity index (χ4n) is 0. The Balaban J connectivity index is -0.0000000129. The van der Waals surface area contributed by atoms with Crippen molar-refractivity contribution in [3.63, 3.8) is 0 Å². The molecule has 31 heavy (non-hydrogen) atoms. The van der Waals surface area contributed by atoms with Crippen molar-refractivity contribution in [2.45, 2.75) is 13.8 Å². The van der Waals surface area contributed by atoms with Crippen LogP contribution >= 0.6 is 0 Å². The van der Waals surface area contributed by atoms with Crippen LogP contribution < -0.4 is 0 Å². The Kier molecular flexibility index (Phi) is 961. The summed E-state index contributed by atoms with van der Waals surface area (Å²) in [6, 6.07) is 0. The molecule has 0 aliphatic heterocycles. The van der Waals surface area contributed by atoms with Gasteiger partial charge < -0.3 is 60.2 Å². The maximum Gasteiger partial charge on any atom is 0.300 e. The molecule has 0 aromatic carbocycles. The molecule has 0 heterocycles. The molecular weight excluding hydrogens is 428 g/mol. The topological polar surface area (TPSA) is 244 Å². The average Bonchev–Trinajstić information content (AvgIpc) is 2.79. The summed E-state index contributed by atoms with van der Waals surface area (Å²) in [5.74, 6) is -1.67. The zero-order valence-electron chi connectivity index (χ0n) is 22.1. The first kappa shape index (κ1) is 78.2. The van der Waals surface area contributed by atoms with E-state index in [1.807, 2.05) is 0 Å². The minimum Gasteiger partial charge on any atom is -0.481 e. The van der Waals surface area contributed by atoms with Crippen LogP contribution in [0.5, 0.6) is 0 Å². The predicted molar refractivity (Wildman–Crippen MR) is 122 cm³/mol. The van der Waals surface area contributed by atoms with Gasteiger partial charge in [0.2, 0.25) is 0 Å². The highest BCUT2D eigenvalue weighted by Gasteiger charge is 1.65. The van der Waals surface area contributed by atoms with Crippen molar-refractivity contribution < 1.29 is 69.8 Å². The van der Waals surface area contributed by atoms with Crippen LogP contribution in [0.4, 0.5) is 0 Å². The van der Waals surface area contributed by atoms with Gasteiger partial charge in [0, 0.05) is 106 Å². The van der Waals surface area contributed by atoms with Gasteiger partial charge in [0.15, 0.2) is 0 Å². The lowest BCUT2D eigenvalue weighted by molar-refractivity contribution is -0.135. The van der Waals surface area contributed by atoms with E-state index < -0.39 is 11.9 Å². The first-order valence-electron chi connectivity index (χ1n) is 7.44. The van der Waals surface area contributed by atoms with E-state index in [2.05, 4.69) is 14.2 Å². The molecule has 0 aromatic rings. The lowest BCUT2D eigenvalue weighted by Gasteiger charge is -1.61. The second kappa shape index (κ2) is 381. The highest BCUT2D eigenvalue weighted by molar-refractivity contribution is 5.63.